The average Bonchev–Trinajstić information content (AvgIpc) is 2.39. The fraction of sp³-hybridized carbons (Fsp3) is 0.533. The standard InChI is InChI=1S/C15H22O2S/c1-3-4-13-5-7-14(8-6-13)15(17)11-18-10-12(2)9-16/h5-8,12,16H,3-4,9-11H2,1-2H3. The van der Waals surface area contributed by atoms with Crippen LogP contribution in [-0.4, -0.2) is 29.0 Å². The van der Waals surface area contributed by atoms with Gasteiger partial charge in [-0.1, -0.05) is 44.5 Å². The Morgan fingerprint density at radius 2 is 2.00 bits per heavy atom. The van der Waals surface area contributed by atoms with Crippen molar-refractivity contribution >= 4 is 17.5 Å². The van der Waals surface area contributed by atoms with Gasteiger partial charge in [0.2, 0.25) is 0 Å². The second-order valence-electron chi connectivity index (χ2n) is 4.67. The van der Waals surface area contributed by atoms with Crippen molar-refractivity contribution in [3.05, 3.63) is 35.4 Å². The van der Waals surface area contributed by atoms with Gasteiger partial charge >= 0.3 is 0 Å². The maximum absolute atomic E-state index is 11.9. The first-order chi connectivity index (χ1) is 8.67. The first kappa shape index (κ1) is 15.3. The predicted octanol–water partition coefficient (Wildman–Crippen LogP) is 3.18. The first-order valence-corrected chi connectivity index (χ1v) is 7.63. The molecule has 1 N–H and O–H groups in total. The number of ketones is 1. The van der Waals surface area contributed by atoms with Crippen LogP contribution in [0.2, 0.25) is 0 Å². The maximum Gasteiger partial charge on any atom is 0.172 e. The third-order valence-electron chi connectivity index (χ3n) is 2.76. The fourth-order valence-corrected chi connectivity index (χ4v) is 2.61. The predicted molar refractivity (Wildman–Crippen MR) is 78.3 cm³/mol. The van der Waals surface area contributed by atoms with Crippen LogP contribution in [0.4, 0.5) is 0 Å². The molecule has 100 valence electrons. The molecule has 0 radical (unpaired) electrons. The van der Waals surface area contributed by atoms with Crippen LogP contribution in [-0.2, 0) is 6.42 Å². The van der Waals surface area contributed by atoms with E-state index in [-0.39, 0.29) is 18.3 Å². The molecule has 0 heterocycles. The Kier molecular flexibility index (Phi) is 7.06. The number of hydrogen-bond acceptors (Lipinski definition) is 3. The van der Waals surface area contributed by atoms with Crippen molar-refractivity contribution in [1.82, 2.24) is 0 Å². The van der Waals surface area contributed by atoms with Crippen molar-refractivity contribution in [2.45, 2.75) is 26.7 Å². The van der Waals surface area contributed by atoms with E-state index in [1.807, 2.05) is 31.2 Å². The molecule has 2 nitrogen and oxygen atoms in total. The van der Waals surface area contributed by atoms with Crippen LogP contribution in [0.5, 0.6) is 0 Å². The number of carbonyl (C=O) groups is 1. The number of carbonyl (C=O) groups excluding carboxylic acids is 1. The summed E-state index contributed by atoms with van der Waals surface area (Å²) in [5, 5.41) is 8.90. The molecule has 0 spiro atoms. The molecule has 0 amide bonds. The molecule has 1 aromatic carbocycles. The molecule has 0 aliphatic rings. The minimum atomic E-state index is 0.174. The minimum absolute atomic E-state index is 0.174. The van der Waals surface area contributed by atoms with Gasteiger partial charge in [-0.15, -0.1) is 0 Å². The second-order valence-corrected chi connectivity index (χ2v) is 5.70. The third kappa shape index (κ3) is 5.23. The molecule has 0 aliphatic carbocycles. The van der Waals surface area contributed by atoms with Gasteiger partial charge in [-0.05, 0) is 23.7 Å². The SMILES string of the molecule is CCCc1ccc(C(=O)CSCC(C)CO)cc1. The highest BCUT2D eigenvalue weighted by Gasteiger charge is 2.07. The lowest BCUT2D eigenvalue weighted by Crippen LogP contribution is -2.08. The van der Waals surface area contributed by atoms with Gasteiger partial charge in [0.15, 0.2) is 5.78 Å². The Bertz CT molecular complexity index is 359. The Morgan fingerprint density at radius 1 is 1.33 bits per heavy atom. The monoisotopic (exact) mass is 266 g/mol. The van der Waals surface area contributed by atoms with E-state index < -0.39 is 0 Å². The number of thioether (sulfide) groups is 1. The van der Waals surface area contributed by atoms with Crippen molar-refractivity contribution in [3.8, 4) is 0 Å². The zero-order valence-electron chi connectivity index (χ0n) is 11.2. The van der Waals surface area contributed by atoms with E-state index in [9.17, 15) is 4.79 Å². The number of aryl methyl sites for hydroxylation is 1. The zero-order valence-corrected chi connectivity index (χ0v) is 12.0. The van der Waals surface area contributed by atoms with Crippen molar-refractivity contribution in [3.63, 3.8) is 0 Å². The first-order valence-electron chi connectivity index (χ1n) is 6.48. The quantitative estimate of drug-likeness (QED) is 0.734. The van der Waals surface area contributed by atoms with Crippen LogP contribution in [0.3, 0.4) is 0 Å². The van der Waals surface area contributed by atoms with Crippen LogP contribution in [0.25, 0.3) is 0 Å². The van der Waals surface area contributed by atoms with Gasteiger partial charge in [0, 0.05) is 12.2 Å². The summed E-state index contributed by atoms with van der Waals surface area (Å²) in [6, 6.07) is 7.92. The maximum atomic E-state index is 11.9. The number of aliphatic hydroxyl groups is 1. The lowest BCUT2D eigenvalue weighted by atomic mass is 10.1. The van der Waals surface area contributed by atoms with Gasteiger partial charge in [-0.3, -0.25) is 4.79 Å². The molecule has 0 saturated carbocycles. The van der Waals surface area contributed by atoms with Crippen molar-refractivity contribution < 1.29 is 9.90 Å². The summed E-state index contributed by atoms with van der Waals surface area (Å²) in [6.45, 7) is 4.32. The largest absolute Gasteiger partial charge is 0.396 e. The molecule has 0 fully saturated rings. The molecule has 1 atom stereocenters. The van der Waals surface area contributed by atoms with Gasteiger partial charge < -0.3 is 5.11 Å². The smallest absolute Gasteiger partial charge is 0.172 e. The van der Waals surface area contributed by atoms with Crippen LogP contribution < -0.4 is 0 Å². The number of Topliss-reactive ketones (excluding diaryl/α,β-unsaturated/α-hetero) is 1. The number of hydrogen-bond donors (Lipinski definition) is 1. The van der Waals surface area contributed by atoms with E-state index in [1.165, 1.54) is 5.56 Å². The third-order valence-corrected chi connectivity index (χ3v) is 4.03. The lowest BCUT2D eigenvalue weighted by Gasteiger charge is -2.07. The highest BCUT2D eigenvalue weighted by molar-refractivity contribution is 7.99. The minimum Gasteiger partial charge on any atom is -0.396 e. The zero-order chi connectivity index (χ0) is 13.4. The summed E-state index contributed by atoms with van der Waals surface area (Å²) in [5.41, 5.74) is 2.08. The Balaban J connectivity index is 2.41. The van der Waals surface area contributed by atoms with Crippen LogP contribution >= 0.6 is 11.8 Å². The molecule has 1 aromatic rings. The summed E-state index contributed by atoms with van der Waals surface area (Å²) in [7, 11) is 0. The molecule has 3 heteroatoms. The van der Waals surface area contributed by atoms with E-state index in [1.54, 1.807) is 11.8 Å². The van der Waals surface area contributed by atoms with Crippen molar-refractivity contribution in [1.29, 1.82) is 0 Å². The highest BCUT2D eigenvalue weighted by atomic mass is 32.2. The van der Waals surface area contributed by atoms with Crippen molar-refractivity contribution in [2.75, 3.05) is 18.1 Å². The molecule has 0 aromatic heterocycles. The number of benzene rings is 1. The summed E-state index contributed by atoms with van der Waals surface area (Å²) in [6.07, 6.45) is 2.19. The van der Waals surface area contributed by atoms with Gasteiger partial charge in [0.1, 0.15) is 0 Å². The summed E-state index contributed by atoms with van der Waals surface area (Å²) >= 11 is 1.59. The van der Waals surface area contributed by atoms with E-state index in [0.29, 0.717) is 5.75 Å². The molecule has 0 bridgehead atoms. The average molecular weight is 266 g/mol. The van der Waals surface area contributed by atoms with Crippen LogP contribution in [0.15, 0.2) is 24.3 Å². The molecule has 18 heavy (non-hydrogen) atoms. The molecule has 0 saturated heterocycles. The normalized spacial score (nSPS) is 12.4. The van der Waals surface area contributed by atoms with Gasteiger partial charge in [-0.25, -0.2) is 0 Å². The van der Waals surface area contributed by atoms with Gasteiger partial charge in [0.05, 0.1) is 5.75 Å². The molecule has 1 rings (SSSR count). The second kappa shape index (κ2) is 8.33. The topological polar surface area (TPSA) is 37.3 Å². The molecule has 0 aliphatic heterocycles. The lowest BCUT2D eigenvalue weighted by molar-refractivity contribution is 0.102. The molecule has 1 unspecified atom stereocenters. The van der Waals surface area contributed by atoms with E-state index in [4.69, 9.17) is 5.11 Å². The summed E-state index contributed by atoms with van der Waals surface area (Å²) < 4.78 is 0. The van der Waals surface area contributed by atoms with E-state index >= 15 is 0 Å². The number of aliphatic hydroxyl groups excluding tert-OH is 1. The Hall–Kier alpha value is -0.800. The summed E-state index contributed by atoms with van der Waals surface area (Å²) in [5.74, 6) is 1.76. The van der Waals surface area contributed by atoms with Gasteiger partial charge in [0.25, 0.3) is 0 Å². The van der Waals surface area contributed by atoms with Crippen LogP contribution in [0.1, 0.15) is 36.2 Å². The molecular weight excluding hydrogens is 244 g/mol. The Morgan fingerprint density at radius 3 is 2.56 bits per heavy atom. The van der Waals surface area contributed by atoms with E-state index in [2.05, 4.69) is 6.92 Å². The van der Waals surface area contributed by atoms with Gasteiger partial charge in [-0.2, -0.15) is 11.8 Å². The fourth-order valence-electron chi connectivity index (χ4n) is 1.63. The highest BCUT2D eigenvalue weighted by Crippen LogP contribution is 2.12. The van der Waals surface area contributed by atoms with Crippen molar-refractivity contribution in [2.24, 2.45) is 5.92 Å². The Labute approximate surface area is 114 Å². The molecular formula is C15H22O2S. The number of rotatable bonds is 8. The van der Waals surface area contributed by atoms with E-state index in [0.717, 1.165) is 24.2 Å². The van der Waals surface area contributed by atoms with Crippen LogP contribution in [0, 0.1) is 5.92 Å². The summed E-state index contributed by atoms with van der Waals surface area (Å²) in [4.78, 5) is 11.9.